The molecule has 0 saturated heterocycles. The van der Waals surface area contributed by atoms with Crippen LogP contribution in [-0.2, 0) is 0 Å². The third kappa shape index (κ3) is 1.28. The average molecular weight is 138 g/mol. The van der Waals surface area contributed by atoms with Crippen molar-refractivity contribution in [3.8, 4) is 12.3 Å². The number of aromatic nitrogens is 1. The average Bonchev–Trinajstić information content (AvgIpc) is 2.37. The Balaban J connectivity index is 2.80. The molecule has 0 aliphatic rings. The van der Waals surface area contributed by atoms with Crippen molar-refractivity contribution >= 4 is 11.3 Å². The molecule has 1 atom stereocenters. The molecule has 2 N–H and O–H groups in total. The van der Waals surface area contributed by atoms with E-state index in [0.29, 0.717) is 0 Å². The maximum atomic E-state index is 5.45. The first-order chi connectivity index (χ1) is 4.34. The van der Waals surface area contributed by atoms with Gasteiger partial charge >= 0.3 is 0 Å². The van der Waals surface area contributed by atoms with E-state index in [0.717, 1.165) is 5.69 Å². The molecule has 0 fully saturated rings. The van der Waals surface area contributed by atoms with Crippen LogP contribution >= 0.6 is 11.3 Å². The van der Waals surface area contributed by atoms with Crippen LogP contribution in [0.25, 0.3) is 0 Å². The zero-order valence-corrected chi connectivity index (χ0v) is 5.56. The molecule has 0 aliphatic carbocycles. The second kappa shape index (κ2) is 2.62. The van der Waals surface area contributed by atoms with E-state index in [1.54, 1.807) is 5.51 Å². The third-order valence-electron chi connectivity index (χ3n) is 0.950. The standard InChI is InChI=1S/C6H6N2S/c1-2-5(7)6-3-9-4-8-6/h1,3-5H,7H2. The second-order valence-corrected chi connectivity index (χ2v) is 2.28. The summed E-state index contributed by atoms with van der Waals surface area (Å²) in [7, 11) is 0. The van der Waals surface area contributed by atoms with Crippen molar-refractivity contribution in [3.63, 3.8) is 0 Å². The molecular formula is C6H6N2S. The number of nitrogens with zero attached hydrogens (tertiary/aromatic N) is 1. The highest BCUT2D eigenvalue weighted by molar-refractivity contribution is 7.07. The summed E-state index contributed by atoms with van der Waals surface area (Å²) in [6.07, 6.45) is 5.05. The number of nitrogens with two attached hydrogens (primary N) is 1. The fraction of sp³-hybridized carbons (Fsp3) is 0.167. The highest BCUT2D eigenvalue weighted by Crippen LogP contribution is 2.07. The lowest BCUT2D eigenvalue weighted by atomic mass is 10.3. The van der Waals surface area contributed by atoms with Gasteiger partial charge in [-0.2, -0.15) is 0 Å². The summed E-state index contributed by atoms with van der Waals surface area (Å²) in [6.45, 7) is 0. The van der Waals surface area contributed by atoms with E-state index in [1.165, 1.54) is 11.3 Å². The maximum Gasteiger partial charge on any atom is 0.110 e. The lowest BCUT2D eigenvalue weighted by Crippen LogP contribution is -2.06. The number of hydrogen-bond acceptors (Lipinski definition) is 3. The van der Waals surface area contributed by atoms with Gasteiger partial charge in [0, 0.05) is 5.38 Å². The van der Waals surface area contributed by atoms with E-state index < -0.39 is 0 Å². The van der Waals surface area contributed by atoms with Crippen molar-refractivity contribution in [2.24, 2.45) is 5.73 Å². The Labute approximate surface area is 57.7 Å². The van der Waals surface area contributed by atoms with Crippen LogP contribution in [0.5, 0.6) is 0 Å². The molecule has 0 saturated carbocycles. The minimum absolute atomic E-state index is 0.337. The summed E-state index contributed by atoms with van der Waals surface area (Å²) in [4.78, 5) is 3.94. The summed E-state index contributed by atoms with van der Waals surface area (Å²) in [5.41, 5.74) is 7.94. The fourth-order valence-electron chi connectivity index (χ4n) is 0.461. The van der Waals surface area contributed by atoms with E-state index in [9.17, 15) is 0 Å². The highest BCUT2D eigenvalue weighted by atomic mass is 32.1. The van der Waals surface area contributed by atoms with Crippen LogP contribution in [0.3, 0.4) is 0 Å². The largest absolute Gasteiger partial charge is 0.313 e. The molecule has 3 heteroatoms. The van der Waals surface area contributed by atoms with Gasteiger partial charge in [0.1, 0.15) is 6.04 Å². The van der Waals surface area contributed by atoms with Crippen LogP contribution in [0.4, 0.5) is 0 Å². The lowest BCUT2D eigenvalue weighted by Gasteiger charge is -1.94. The van der Waals surface area contributed by atoms with E-state index in [2.05, 4.69) is 10.9 Å². The highest BCUT2D eigenvalue weighted by Gasteiger charge is 2.01. The first-order valence-corrected chi connectivity index (χ1v) is 3.38. The Bertz CT molecular complexity index is 209. The Morgan fingerprint density at radius 3 is 3.11 bits per heavy atom. The number of terminal acetylenes is 1. The van der Waals surface area contributed by atoms with Gasteiger partial charge in [-0.1, -0.05) is 5.92 Å². The van der Waals surface area contributed by atoms with Crippen molar-refractivity contribution in [2.45, 2.75) is 6.04 Å². The van der Waals surface area contributed by atoms with Crippen molar-refractivity contribution in [1.29, 1.82) is 0 Å². The van der Waals surface area contributed by atoms with Crippen molar-refractivity contribution in [1.82, 2.24) is 4.98 Å². The molecule has 0 radical (unpaired) electrons. The summed E-state index contributed by atoms with van der Waals surface area (Å²) in [5, 5.41) is 1.85. The molecular weight excluding hydrogens is 132 g/mol. The fourth-order valence-corrected chi connectivity index (χ4v) is 1.05. The predicted molar refractivity (Wildman–Crippen MR) is 37.9 cm³/mol. The molecule has 0 amide bonds. The summed E-state index contributed by atoms with van der Waals surface area (Å²) < 4.78 is 0. The molecule has 0 spiro atoms. The van der Waals surface area contributed by atoms with Crippen LogP contribution in [0.1, 0.15) is 11.7 Å². The van der Waals surface area contributed by atoms with Gasteiger partial charge in [-0.25, -0.2) is 4.98 Å². The van der Waals surface area contributed by atoms with Gasteiger partial charge in [-0.05, 0) is 0 Å². The van der Waals surface area contributed by atoms with E-state index in [4.69, 9.17) is 12.2 Å². The zero-order chi connectivity index (χ0) is 6.69. The van der Waals surface area contributed by atoms with Crippen molar-refractivity contribution in [2.75, 3.05) is 0 Å². The molecule has 2 nitrogen and oxygen atoms in total. The predicted octanol–water partition coefficient (Wildman–Crippen LogP) is 0.776. The third-order valence-corrected chi connectivity index (χ3v) is 1.55. The molecule has 9 heavy (non-hydrogen) atoms. The van der Waals surface area contributed by atoms with Crippen LogP contribution in [0, 0.1) is 12.3 Å². The second-order valence-electron chi connectivity index (χ2n) is 1.56. The quantitative estimate of drug-likeness (QED) is 0.582. The van der Waals surface area contributed by atoms with E-state index >= 15 is 0 Å². The number of rotatable bonds is 1. The van der Waals surface area contributed by atoms with E-state index in [-0.39, 0.29) is 6.04 Å². The molecule has 0 bridgehead atoms. The minimum Gasteiger partial charge on any atom is -0.313 e. The Kier molecular flexibility index (Phi) is 1.83. The molecule has 1 rings (SSSR count). The van der Waals surface area contributed by atoms with Crippen LogP contribution in [-0.4, -0.2) is 4.98 Å². The van der Waals surface area contributed by atoms with Gasteiger partial charge in [0.15, 0.2) is 0 Å². The number of hydrogen-bond donors (Lipinski definition) is 1. The molecule has 46 valence electrons. The SMILES string of the molecule is C#CC(N)c1cscn1. The van der Waals surface area contributed by atoms with Crippen LogP contribution in [0.2, 0.25) is 0 Å². The Morgan fingerprint density at radius 2 is 2.67 bits per heavy atom. The zero-order valence-electron chi connectivity index (χ0n) is 4.74. The van der Waals surface area contributed by atoms with Gasteiger partial charge < -0.3 is 5.73 Å². The van der Waals surface area contributed by atoms with Gasteiger partial charge in [0.05, 0.1) is 11.2 Å². The Hall–Kier alpha value is -0.850. The molecule has 1 aromatic rings. The monoisotopic (exact) mass is 138 g/mol. The van der Waals surface area contributed by atoms with E-state index in [1.807, 2.05) is 5.38 Å². The Morgan fingerprint density at radius 1 is 1.89 bits per heavy atom. The van der Waals surface area contributed by atoms with Gasteiger partial charge in [-0.3, -0.25) is 0 Å². The first-order valence-electron chi connectivity index (χ1n) is 2.44. The van der Waals surface area contributed by atoms with Gasteiger partial charge in [0.2, 0.25) is 0 Å². The van der Waals surface area contributed by atoms with Crippen LogP contribution in [0.15, 0.2) is 10.9 Å². The van der Waals surface area contributed by atoms with Crippen molar-refractivity contribution in [3.05, 3.63) is 16.6 Å². The summed E-state index contributed by atoms with van der Waals surface area (Å²) in [6, 6.07) is -0.337. The summed E-state index contributed by atoms with van der Waals surface area (Å²) >= 11 is 1.50. The molecule has 1 heterocycles. The minimum atomic E-state index is -0.337. The lowest BCUT2D eigenvalue weighted by molar-refractivity contribution is 0.904. The first kappa shape index (κ1) is 6.27. The smallest absolute Gasteiger partial charge is 0.110 e. The molecule has 1 unspecified atom stereocenters. The van der Waals surface area contributed by atoms with Crippen molar-refractivity contribution < 1.29 is 0 Å². The maximum absolute atomic E-state index is 5.45. The molecule has 0 aromatic carbocycles. The number of thiazole rings is 1. The van der Waals surface area contributed by atoms with Crippen LogP contribution < -0.4 is 5.73 Å². The molecule has 1 aromatic heterocycles. The normalized spacial score (nSPS) is 12.4. The summed E-state index contributed by atoms with van der Waals surface area (Å²) in [5.74, 6) is 2.39. The topological polar surface area (TPSA) is 38.9 Å². The molecule has 0 aliphatic heterocycles. The van der Waals surface area contributed by atoms with Gasteiger partial charge in [0.25, 0.3) is 0 Å². The van der Waals surface area contributed by atoms with Gasteiger partial charge in [-0.15, -0.1) is 17.8 Å².